The minimum Gasteiger partial charge on any atom is -0.497 e. The SMILES string of the molecule is CCN1/C(=C\C=N\NC(=O)c2ccccc2)C(C)(Cc2ccc3c(c2)OCO3)c2cc(OC)ccc21. The Morgan fingerprint density at radius 1 is 1.11 bits per heavy atom. The number of ether oxygens (including phenoxy) is 3. The van der Waals surface area contributed by atoms with Crippen LogP contribution in [0.15, 0.2) is 83.6 Å². The van der Waals surface area contributed by atoms with E-state index >= 15 is 0 Å². The third-order valence-corrected chi connectivity index (χ3v) is 6.76. The number of fused-ring (bicyclic) bond motifs is 2. The summed E-state index contributed by atoms with van der Waals surface area (Å²) in [5.74, 6) is 2.10. The van der Waals surface area contributed by atoms with E-state index < -0.39 is 0 Å². The summed E-state index contributed by atoms with van der Waals surface area (Å²) < 4.78 is 16.7. The minimum absolute atomic E-state index is 0.246. The third kappa shape index (κ3) is 4.28. The molecule has 1 amide bonds. The molecule has 184 valence electrons. The number of likely N-dealkylation sites (N-methyl/N-ethyl adjacent to an activating group) is 1. The smallest absolute Gasteiger partial charge is 0.271 e. The van der Waals surface area contributed by atoms with Crippen molar-refractivity contribution >= 4 is 17.8 Å². The highest BCUT2D eigenvalue weighted by atomic mass is 16.7. The molecule has 36 heavy (non-hydrogen) atoms. The van der Waals surface area contributed by atoms with Crippen molar-refractivity contribution in [2.24, 2.45) is 5.10 Å². The number of hydrogen-bond donors (Lipinski definition) is 1. The van der Waals surface area contributed by atoms with E-state index in [1.165, 1.54) is 5.56 Å². The van der Waals surface area contributed by atoms with E-state index in [4.69, 9.17) is 14.2 Å². The fraction of sp³-hybridized carbons (Fsp3) is 0.241. The highest BCUT2D eigenvalue weighted by Crippen LogP contribution is 2.51. The first-order valence-electron chi connectivity index (χ1n) is 12.0. The molecule has 0 saturated heterocycles. The molecule has 0 spiro atoms. The van der Waals surface area contributed by atoms with E-state index in [9.17, 15) is 4.79 Å². The Bertz CT molecular complexity index is 1340. The Labute approximate surface area is 211 Å². The lowest BCUT2D eigenvalue weighted by Crippen LogP contribution is -2.31. The van der Waals surface area contributed by atoms with Gasteiger partial charge in [-0.3, -0.25) is 4.79 Å². The van der Waals surface area contributed by atoms with Crippen LogP contribution in [0.1, 0.15) is 35.3 Å². The van der Waals surface area contributed by atoms with Crippen molar-refractivity contribution in [2.45, 2.75) is 25.7 Å². The van der Waals surface area contributed by atoms with Gasteiger partial charge in [0.15, 0.2) is 11.5 Å². The van der Waals surface area contributed by atoms with Crippen LogP contribution in [0.4, 0.5) is 5.69 Å². The maximum absolute atomic E-state index is 12.4. The van der Waals surface area contributed by atoms with Crippen LogP contribution in [-0.2, 0) is 11.8 Å². The summed E-state index contributed by atoms with van der Waals surface area (Å²) in [6, 6.07) is 21.3. The second-order valence-electron chi connectivity index (χ2n) is 8.96. The molecular formula is C29H29N3O4. The van der Waals surface area contributed by atoms with E-state index in [0.717, 1.165) is 47.2 Å². The monoisotopic (exact) mass is 483 g/mol. The molecule has 5 rings (SSSR count). The summed E-state index contributed by atoms with van der Waals surface area (Å²) >= 11 is 0. The lowest BCUT2D eigenvalue weighted by molar-refractivity contribution is 0.0955. The Morgan fingerprint density at radius 3 is 2.69 bits per heavy atom. The molecule has 0 aromatic heterocycles. The standard InChI is InChI=1S/C29H29N3O4/c1-4-32-24-12-11-22(34-3)17-23(24)29(2,18-20-10-13-25-26(16-20)36-19-35-25)27(32)14-15-30-31-28(33)21-8-6-5-7-9-21/h5-17H,4,18-19H2,1-3H3,(H,31,33)/b27-14-,30-15+. The van der Waals surface area contributed by atoms with Gasteiger partial charge in [-0.15, -0.1) is 0 Å². The molecule has 0 fully saturated rings. The Kier molecular flexibility index (Phi) is 6.38. The molecule has 2 aliphatic heterocycles. The number of hydrazone groups is 1. The predicted octanol–water partition coefficient (Wildman–Crippen LogP) is 5.06. The van der Waals surface area contributed by atoms with Gasteiger partial charge in [0, 0.05) is 35.1 Å². The Morgan fingerprint density at radius 2 is 1.92 bits per heavy atom. The van der Waals surface area contributed by atoms with Gasteiger partial charge >= 0.3 is 0 Å². The summed E-state index contributed by atoms with van der Waals surface area (Å²) in [6.07, 6.45) is 4.37. The summed E-state index contributed by atoms with van der Waals surface area (Å²) in [5.41, 5.74) is 7.33. The number of benzene rings is 3. The maximum Gasteiger partial charge on any atom is 0.271 e. The van der Waals surface area contributed by atoms with Crippen molar-refractivity contribution in [2.75, 3.05) is 25.3 Å². The van der Waals surface area contributed by atoms with E-state index in [1.807, 2.05) is 42.5 Å². The fourth-order valence-corrected chi connectivity index (χ4v) is 5.00. The second kappa shape index (κ2) is 9.77. The van der Waals surface area contributed by atoms with Gasteiger partial charge in [-0.2, -0.15) is 5.10 Å². The molecule has 2 heterocycles. The molecule has 7 nitrogen and oxygen atoms in total. The first kappa shape index (κ1) is 23.5. The van der Waals surface area contributed by atoms with Crippen LogP contribution in [0.5, 0.6) is 17.2 Å². The average Bonchev–Trinajstić information content (AvgIpc) is 3.46. The number of amides is 1. The quantitative estimate of drug-likeness (QED) is 0.376. The number of carbonyl (C=O) groups excluding carboxylic acids is 1. The highest BCUT2D eigenvalue weighted by Gasteiger charge is 2.43. The van der Waals surface area contributed by atoms with Crippen molar-refractivity contribution in [3.63, 3.8) is 0 Å². The summed E-state index contributed by atoms with van der Waals surface area (Å²) in [6.45, 7) is 5.39. The molecule has 0 saturated carbocycles. The number of anilines is 1. The minimum atomic E-state index is -0.372. The zero-order valence-electron chi connectivity index (χ0n) is 20.7. The third-order valence-electron chi connectivity index (χ3n) is 6.76. The summed E-state index contributed by atoms with van der Waals surface area (Å²) in [5, 5.41) is 4.21. The first-order valence-corrected chi connectivity index (χ1v) is 12.0. The lowest BCUT2D eigenvalue weighted by Gasteiger charge is -2.30. The topological polar surface area (TPSA) is 72.4 Å². The van der Waals surface area contributed by atoms with Crippen molar-refractivity contribution < 1.29 is 19.0 Å². The van der Waals surface area contributed by atoms with Gasteiger partial charge in [0.05, 0.1) is 7.11 Å². The Hall–Kier alpha value is -4.26. The van der Waals surface area contributed by atoms with E-state index in [1.54, 1.807) is 25.5 Å². The van der Waals surface area contributed by atoms with Crippen LogP contribution in [0, 0.1) is 0 Å². The zero-order valence-corrected chi connectivity index (χ0v) is 20.7. The molecule has 1 unspecified atom stereocenters. The molecule has 0 aliphatic carbocycles. The predicted molar refractivity (Wildman–Crippen MR) is 140 cm³/mol. The number of rotatable bonds is 7. The average molecular weight is 484 g/mol. The van der Waals surface area contributed by atoms with Crippen molar-refractivity contribution in [3.05, 3.63) is 95.2 Å². The molecule has 0 radical (unpaired) electrons. The number of nitrogens with zero attached hydrogens (tertiary/aromatic N) is 2. The highest BCUT2D eigenvalue weighted by molar-refractivity contribution is 5.94. The van der Waals surface area contributed by atoms with Crippen LogP contribution in [0.25, 0.3) is 0 Å². The van der Waals surface area contributed by atoms with Crippen molar-refractivity contribution in [1.29, 1.82) is 0 Å². The number of allylic oxidation sites excluding steroid dienone is 2. The van der Waals surface area contributed by atoms with Gasteiger partial charge in [-0.1, -0.05) is 24.3 Å². The normalized spacial score (nSPS) is 19.1. The number of carbonyl (C=O) groups is 1. The lowest BCUT2D eigenvalue weighted by atomic mass is 9.76. The van der Waals surface area contributed by atoms with Crippen LogP contribution in [0.2, 0.25) is 0 Å². The number of methoxy groups -OCH3 is 1. The van der Waals surface area contributed by atoms with E-state index in [0.29, 0.717) is 5.56 Å². The molecular weight excluding hydrogens is 454 g/mol. The van der Waals surface area contributed by atoms with Gasteiger partial charge in [0.2, 0.25) is 6.79 Å². The largest absolute Gasteiger partial charge is 0.497 e. The molecule has 1 atom stereocenters. The first-order chi connectivity index (χ1) is 17.5. The van der Waals surface area contributed by atoms with Gasteiger partial charge in [-0.25, -0.2) is 5.43 Å². The second-order valence-corrected chi connectivity index (χ2v) is 8.96. The number of hydrogen-bond acceptors (Lipinski definition) is 6. The van der Waals surface area contributed by atoms with Crippen molar-refractivity contribution in [1.82, 2.24) is 5.43 Å². The van der Waals surface area contributed by atoms with Gasteiger partial charge in [0.1, 0.15) is 5.75 Å². The molecule has 7 heteroatoms. The zero-order chi connectivity index (χ0) is 25.1. The molecule has 3 aromatic rings. The Balaban J connectivity index is 1.49. The summed E-state index contributed by atoms with van der Waals surface area (Å²) in [4.78, 5) is 14.7. The van der Waals surface area contributed by atoms with E-state index in [-0.39, 0.29) is 18.1 Å². The van der Waals surface area contributed by atoms with Gasteiger partial charge in [-0.05, 0) is 79.9 Å². The van der Waals surface area contributed by atoms with Crippen LogP contribution < -0.4 is 24.5 Å². The molecule has 0 bridgehead atoms. The molecule has 1 N–H and O–H groups in total. The van der Waals surface area contributed by atoms with Crippen LogP contribution >= 0.6 is 0 Å². The van der Waals surface area contributed by atoms with Crippen molar-refractivity contribution in [3.8, 4) is 17.2 Å². The van der Waals surface area contributed by atoms with E-state index in [2.05, 4.69) is 47.5 Å². The molecule has 2 aliphatic rings. The number of nitrogens with one attached hydrogen (secondary N) is 1. The summed E-state index contributed by atoms with van der Waals surface area (Å²) in [7, 11) is 1.68. The molecule has 3 aromatic carbocycles. The van der Waals surface area contributed by atoms with Crippen LogP contribution in [0.3, 0.4) is 0 Å². The fourth-order valence-electron chi connectivity index (χ4n) is 5.00. The van der Waals surface area contributed by atoms with Gasteiger partial charge in [0.25, 0.3) is 5.91 Å². The van der Waals surface area contributed by atoms with Crippen LogP contribution in [-0.4, -0.2) is 32.6 Å². The van der Waals surface area contributed by atoms with Gasteiger partial charge < -0.3 is 19.1 Å². The maximum atomic E-state index is 12.4.